The number of imidazole rings is 1. The molecule has 0 bridgehead atoms. The summed E-state index contributed by atoms with van der Waals surface area (Å²) in [6.45, 7) is 3.92. The second-order valence-electron chi connectivity index (χ2n) is 6.73. The molecule has 1 N–H and O–H groups in total. The second kappa shape index (κ2) is 6.72. The SMILES string of the molecule is Cc1cn2cc(C(=O)N(C)[C@H](C)c3cc(-c4ccccc4)n[nH]3)ccc2n1. The van der Waals surface area contributed by atoms with Crippen LogP contribution in [0.5, 0.6) is 0 Å². The van der Waals surface area contributed by atoms with Gasteiger partial charge in [-0.1, -0.05) is 30.3 Å². The molecule has 1 aromatic carbocycles. The van der Waals surface area contributed by atoms with E-state index in [9.17, 15) is 4.79 Å². The average Bonchev–Trinajstić information content (AvgIpc) is 3.32. The van der Waals surface area contributed by atoms with E-state index in [2.05, 4.69) is 15.2 Å². The molecule has 3 heterocycles. The van der Waals surface area contributed by atoms with Crippen molar-refractivity contribution in [1.82, 2.24) is 24.5 Å². The molecule has 1 atom stereocenters. The van der Waals surface area contributed by atoms with Gasteiger partial charge in [0.25, 0.3) is 5.91 Å². The predicted molar refractivity (Wildman–Crippen MR) is 104 cm³/mol. The van der Waals surface area contributed by atoms with E-state index >= 15 is 0 Å². The molecule has 0 fully saturated rings. The largest absolute Gasteiger partial charge is 0.333 e. The third kappa shape index (κ3) is 3.21. The molecule has 0 aliphatic rings. The number of nitrogens with zero attached hydrogens (tertiary/aromatic N) is 4. The zero-order valence-corrected chi connectivity index (χ0v) is 15.5. The molecule has 0 saturated carbocycles. The summed E-state index contributed by atoms with van der Waals surface area (Å²) in [4.78, 5) is 19.1. The maximum atomic E-state index is 12.9. The first-order valence-electron chi connectivity index (χ1n) is 8.86. The molecule has 0 radical (unpaired) electrons. The van der Waals surface area contributed by atoms with Crippen LogP contribution in [0.25, 0.3) is 16.9 Å². The molecule has 0 spiro atoms. The van der Waals surface area contributed by atoms with Crippen molar-refractivity contribution in [2.75, 3.05) is 7.05 Å². The maximum Gasteiger partial charge on any atom is 0.255 e. The minimum Gasteiger partial charge on any atom is -0.333 e. The van der Waals surface area contributed by atoms with Gasteiger partial charge in [0.05, 0.1) is 28.7 Å². The summed E-state index contributed by atoms with van der Waals surface area (Å²) in [6.07, 6.45) is 3.74. The molecular weight excluding hydrogens is 338 g/mol. The highest BCUT2D eigenvalue weighted by Gasteiger charge is 2.21. The summed E-state index contributed by atoms with van der Waals surface area (Å²) >= 11 is 0. The maximum absolute atomic E-state index is 12.9. The van der Waals surface area contributed by atoms with Crippen molar-refractivity contribution in [1.29, 1.82) is 0 Å². The van der Waals surface area contributed by atoms with Crippen LogP contribution in [0.2, 0.25) is 0 Å². The Hall–Kier alpha value is -3.41. The number of hydrogen-bond donors (Lipinski definition) is 1. The van der Waals surface area contributed by atoms with Gasteiger partial charge in [0.2, 0.25) is 0 Å². The fourth-order valence-corrected chi connectivity index (χ4v) is 3.14. The van der Waals surface area contributed by atoms with Gasteiger partial charge in [0, 0.05) is 25.0 Å². The third-order valence-corrected chi connectivity index (χ3v) is 4.84. The lowest BCUT2D eigenvalue weighted by Crippen LogP contribution is -2.30. The van der Waals surface area contributed by atoms with Gasteiger partial charge >= 0.3 is 0 Å². The monoisotopic (exact) mass is 359 g/mol. The topological polar surface area (TPSA) is 66.3 Å². The highest BCUT2D eigenvalue weighted by molar-refractivity contribution is 5.94. The molecule has 136 valence electrons. The first-order chi connectivity index (χ1) is 13.0. The predicted octanol–water partition coefficient (Wildman–Crippen LogP) is 3.87. The quantitative estimate of drug-likeness (QED) is 0.601. The molecule has 6 heteroatoms. The second-order valence-corrected chi connectivity index (χ2v) is 6.73. The number of aryl methyl sites for hydroxylation is 1. The number of fused-ring (bicyclic) bond motifs is 1. The number of H-pyrrole nitrogens is 1. The number of amides is 1. The van der Waals surface area contributed by atoms with Crippen LogP contribution in [0, 0.1) is 6.92 Å². The smallest absolute Gasteiger partial charge is 0.255 e. The Morgan fingerprint density at radius 1 is 1.15 bits per heavy atom. The first kappa shape index (κ1) is 17.0. The zero-order chi connectivity index (χ0) is 19.0. The highest BCUT2D eigenvalue weighted by atomic mass is 16.2. The summed E-state index contributed by atoms with van der Waals surface area (Å²) in [5.74, 6) is -0.0494. The number of pyridine rings is 1. The third-order valence-electron chi connectivity index (χ3n) is 4.84. The molecule has 0 aliphatic heterocycles. The van der Waals surface area contributed by atoms with E-state index in [1.807, 2.05) is 79.2 Å². The minimum atomic E-state index is -0.136. The van der Waals surface area contributed by atoms with Crippen molar-refractivity contribution in [2.24, 2.45) is 0 Å². The van der Waals surface area contributed by atoms with Crippen molar-refractivity contribution < 1.29 is 4.79 Å². The minimum absolute atomic E-state index is 0.0494. The van der Waals surface area contributed by atoms with Gasteiger partial charge in [-0.25, -0.2) is 4.98 Å². The van der Waals surface area contributed by atoms with Gasteiger partial charge in [-0.2, -0.15) is 5.10 Å². The van der Waals surface area contributed by atoms with Crippen molar-refractivity contribution in [2.45, 2.75) is 19.9 Å². The summed E-state index contributed by atoms with van der Waals surface area (Å²) < 4.78 is 1.88. The van der Waals surface area contributed by atoms with E-state index in [0.29, 0.717) is 5.56 Å². The summed E-state index contributed by atoms with van der Waals surface area (Å²) in [6, 6.07) is 15.5. The van der Waals surface area contributed by atoms with Crippen LogP contribution in [-0.2, 0) is 0 Å². The van der Waals surface area contributed by atoms with Gasteiger partial charge < -0.3 is 9.30 Å². The standard InChI is InChI=1S/C21H21N5O/c1-14-12-26-13-17(9-10-20(26)22-14)21(27)25(3)15(2)18-11-19(24-23-18)16-7-5-4-6-8-16/h4-13,15H,1-3H3,(H,23,24)/t15-/m1/s1. The number of rotatable bonds is 4. The van der Waals surface area contributed by atoms with Crippen LogP contribution in [0.3, 0.4) is 0 Å². The number of aromatic amines is 1. The number of carbonyl (C=O) groups excluding carboxylic acids is 1. The molecule has 1 amide bonds. The van der Waals surface area contributed by atoms with Gasteiger partial charge in [-0.3, -0.25) is 9.89 Å². The Balaban J connectivity index is 1.56. The normalized spacial score (nSPS) is 12.3. The first-order valence-corrected chi connectivity index (χ1v) is 8.86. The van der Waals surface area contributed by atoms with Crippen molar-refractivity contribution >= 4 is 11.6 Å². The molecular formula is C21H21N5O. The lowest BCUT2D eigenvalue weighted by Gasteiger charge is -2.24. The Bertz CT molecular complexity index is 1100. The summed E-state index contributed by atoms with van der Waals surface area (Å²) in [7, 11) is 1.80. The number of benzene rings is 1. The van der Waals surface area contributed by atoms with E-state index in [1.165, 1.54) is 0 Å². The molecule has 27 heavy (non-hydrogen) atoms. The number of hydrogen-bond acceptors (Lipinski definition) is 3. The van der Waals surface area contributed by atoms with Gasteiger partial charge in [0.1, 0.15) is 5.65 Å². The van der Waals surface area contributed by atoms with Crippen molar-refractivity contribution in [3.05, 3.63) is 77.9 Å². The zero-order valence-electron chi connectivity index (χ0n) is 15.5. The summed E-state index contributed by atoms with van der Waals surface area (Å²) in [5.41, 5.74) is 5.19. The molecule has 6 nitrogen and oxygen atoms in total. The van der Waals surface area contributed by atoms with Crippen LogP contribution in [0.15, 0.2) is 60.9 Å². The van der Waals surface area contributed by atoms with Crippen LogP contribution in [0.1, 0.15) is 34.7 Å². The number of nitrogens with one attached hydrogen (secondary N) is 1. The van der Waals surface area contributed by atoms with Crippen LogP contribution < -0.4 is 0 Å². The lowest BCUT2D eigenvalue weighted by molar-refractivity contribution is 0.0739. The van der Waals surface area contributed by atoms with Crippen molar-refractivity contribution in [3.8, 4) is 11.3 Å². The van der Waals surface area contributed by atoms with E-state index in [0.717, 1.165) is 28.3 Å². The van der Waals surface area contributed by atoms with Crippen LogP contribution >= 0.6 is 0 Å². The lowest BCUT2D eigenvalue weighted by atomic mass is 10.1. The number of aromatic nitrogens is 4. The Kier molecular flexibility index (Phi) is 4.24. The summed E-state index contributed by atoms with van der Waals surface area (Å²) in [5, 5.41) is 7.46. The van der Waals surface area contributed by atoms with Gasteiger partial charge in [-0.05, 0) is 32.0 Å². The molecule has 4 aromatic rings. The van der Waals surface area contributed by atoms with Gasteiger partial charge in [0.15, 0.2) is 0 Å². The molecule has 0 saturated heterocycles. The highest BCUT2D eigenvalue weighted by Crippen LogP contribution is 2.24. The molecule has 3 aromatic heterocycles. The van der Waals surface area contributed by atoms with Gasteiger partial charge in [-0.15, -0.1) is 0 Å². The van der Waals surface area contributed by atoms with E-state index in [4.69, 9.17) is 0 Å². The molecule has 4 rings (SSSR count). The van der Waals surface area contributed by atoms with Crippen LogP contribution in [0.4, 0.5) is 0 Å². The fraction of sp³-hybridized carbons (Fsp3) is 0.190. The van der Waals surface area contributed by atoms with Crippen molar-refractivity contribution in [3.63, 3.8) is 0 Å². The molecule has 0 aliphatic carbocycles. The Morgan fingerprint density at radius 2 is 1.93 bits per heavy atom. The van der Waals surface area contributed by atoms with E-state index < -0.39 is 0 Å². The van der Waals surface area contributed by atoms with E-state index in [1.54, 1.807) is 11.9 Å². The average molecular weight is 359 g/mol. The fourth-order valence-electron chi connectivity index (χ4n) is 3.14. The van der Waals surface area contributed by atoms with Crippen LogP contribution in [-0.4, -0.2) is 37.4 Å². The molecule has 0 unspecified atom stereocenters. The Morgan fingerprint density at radius 3 is 2.70 bits per heavy atom. The van der Waals surface area contributed by atoms with E-state index in [-0.39, 0.29) is 11.9 Å². The Labute approximate surface area is 157 Å². The number of carbonyl (C=O) groups is 1.